The summed E-state index contributed by atoms with van der Waals surface area (Å²) in [5, 5.41) is 6.47. The quantitative estimate of drug-likeness (QED) is 0.742. The van der Waals surface area contributed by atoms with Gasteiger partial charge >= 0.3 is 0 Å². The molecule has 0 aliphatic carbocycles. The zero-order valence-corrected chi connectivity index (χ0v) is 13.5. The number of anilines is 2. The molecule has 1 heterocycles. The molecule has 3 rings (SSSR count). The molecule has 0 unspecified atom stereocenters. The summed E-state index contributed by atoms with van der Waals surface area (Å²) in [6.07, 6.45) is 1.54. The van der Waals surface area contributed by atoms with Crippen molar-refractivity contribution in [2.75, 3.05) is 5.32 Å². The number of nitrogens with one attached hydrogen (secondary N) is 2. The van der Waals surface area contributed by atoms with E-state index in [4.69, 9.17) is 11.6 Å². The maximum Gasteiger partial charge on any atom is 0.270 e. The number of aromatic nitrogens is 2. The van der Waals surface area contributed by atoms with Gasteiger partial charge in [-0.2, -0.15) is 0 Å². The smallest absolute Gasteiger partial charge is 0.270 e. The van der Waals surface area contributed by atoms with E-state index in [9.17, 15) is 4.79 Å². The highest BCUT2D eigenvalue weighted by atomic mass is 35.5. The van der Waals surface area contributed by atoms with Crippen molar-refractivity contribution in [2.45, 2.75) is 6.54 Å². The van der Waals surface area contributed by atoms with Crippen LogP contribution in [0.3, 0.4) is 0 Å². The number of hydrogen-bond donors (Lipinski definition) is 2. The van der Waals surface area contributed by atoms with Crippen LogP contribution in [0.15, 0.2) is 66.9 Å². The maximum absolute atomic E-state index is 12.2. The van der Waals surface area contributed by atoms with Gasteiger partial charge in [0, 0.05) is 23.5 Å². The molecule has 0 saturated heterocycles. The molecule has 0 radical (unpaired) electrons. The highest BCUT2D eigenvalue weighted by Gasteiger charge is 2.09. The minimum absolute atomic E-state index is 0.254. The first-order valence-electron chi connectivity index (χ1n) is 7.38. The Hall–Kier alpha value is -2.92. The summed E-state index contributed by atoms with van der Waals surface area (Å²) in [6.45, 7) is 0.445. The summed E-state index contributed by atoms with van der Waals surface area (Å²) >= 11 is 5.95. The van der Waals surface area contributed by atoms with Crippen LogP contribution in [0.2, 0.25) is 5.02 Å². The van der Waals surface area contributed by atoms with E-state index in [0.717, 1.165) is 11.3 Å². The fraction of sp³-hybridized carbons (Fsp3) is 0.0556. The Labute approximate surface area is 144 Å². The highest BCUT2D eigenvalue weighted by Crippen LogP contribution is 2.17. The molecule has 0 saturated carbocycles. The van der Waals surface area contributed by atoms with Crippen LogP contribution in [0.1, 0.15) is 16.1 Å². The Balaban J connectivity index is 1.67. The Kier molecular flexibility index (Phi) is 5.03. The molecule has 0 bridgehead atoms. The van der Waals surface area contributed by atoms with Crippen molar-refractivity contribution in [3.63, 3.8) is 0 Å². The fourth-order valence-corrected chi connectivity index (χ4v) is 2.30. The van der Waals surface area contributed by atoms with Crippen molar-refractivity contribution in [3.8, 4) is 0 Å². The largest absolute Gasteiger partial charge is 0.347 e. The van der Waals surface area contributed by atoms with Gasteiger partial charge in [0.2, 0.25) is 5.95 Å². The SMILES string of the molecule is O=C(NCc1ccccc1)c1ccnc(Nc2cccc(Cl)c2)n1. The van der Waals surface area contributed by atoms with Crippen LogP contribution in [0.25, 0.3) is 0 Å². The van der Waals surface area contributed by atoms with Crippen LogP contribution >= 0.6 is 11.6 Å². The average molecular weight is 339 g/mol. The van der Waals surface area contributed by atoms with E-state index >= 15 is 0 Å². The molecule has 2 aromatic carbocycles. The lowest BCUT2D eigenvalue weighted by molar-refractivity contribution is 0.0946. The zero-order chi connectivity index (χ0) is 16.8. The van der Waals surface area contributed by atoms with E-state index < -0.39 is 0 Å². The number of carbonyl (C=O) groups is 1. The van der Waals surface area contributed by atoms with Crippen molar-refractivity contribution < 1.29 is 4.79 Å². The summed E-state index contributed by atoms with van der Waals surface area (Å²) in [6, 6.07) is 18.5. The van der Waals surface area contributed by atoms with E-state index in [-0.39, 0.29) is 5.91 Å². The van der Waals surface area contributed by atoms with Gasteiger partial charge in [-0.1, -0.05) is 48.0 Å². The summed E-state index contributed by atoms with van der Waals surface area (Å²) in [5.74, 6) is 0.0834. The number of nitrogens with zero attached hydrogens (tertiary/aromatic N) is 2. The first-order valence-corrected chi connectivity index (χ1v) is 7.76. The third-order valence-electron chi connectivity index (χ3n) is 3.26. The van der Waals surface area contributed by atoms with Gasteiger partial charge < -0.3 is 10.6 Å². The Morgan fingerprint density at radius 2 is 1.88 bits per heavy atom. The molecule has 3 aromatic rings. The van der Waals surface area contributed by atoms with Gasteiger partial charge in [-0.05, 0) is 29.8 Å². The number of amides is 1. The molecular weight excluding hydrogens is 324 g/mol. The van der Waals surface area contributed by atoms with Crippen molar-refractivity contribution >= 4 is 29.1 Å². The molecule has 24 heavy (non-hydrogen) atoms. The second-order valence-electron chi connectivity index (χ2n) is 5.07. The predicted molar refractivity (Wildman–Crippen MR) is 94.4 cm³/mol. The lowest BCUT2D eigenvalue weighted by Gasteiger charge is -2.08. The summed E-state index contributed by atoms with van der Waals surface area (Å²) < 4.78 is 0. The Bertz CT molecular complexity index is 839. The molecule has 0 aliphatic rings. The second kappa shape index (κ2) is 7.57. The van der Waals surface area contributed by atoms with Gasteiger partial charge in [0.25, 0.3) is 5.91 Å². The second-order valence-corrected chi connectivity index (χ2v) is 5.51. The van der Waals surface area contributed by atoms with Gasteiger partial charge in [0.15, 0.2) is 0 Å². The number of hydrogen-bond acceptors (Lipinski definition) is 4. The zero-order valence-electron chi connectivity index (χ0n) is 12.7. The molecule has 1 amide bonds. The van der Waals surface area contributed by atoms with Gasteiger partial charge in [-0.25, -0.2) is 9.97 Å². The minimum atomic E-state index is -0.254. The Morgan fingerprint density at radius 3 is 2.67 bits per heavy atom. The van der Waals surface area contributed by atoms with Crippen molar-refractivity contribution in [1.82, 2.24) is 15.3 Å². The first-order chi connectivity index (χ1) is 11.7. The molecule has 0 aliphatic heterocycles. The standard InChI is InChI=1S/C18H15ClN4O/c19-14-7-4-8-15(11-14)22-18-20-10-9-16(23-18)17(24)21-12-13-5-2-1-3-6-13/h1-11H,12H2,(H,21,24)(H,20,22,23). The first kappa shape index (κ1) is 16.0. The lowest BCUT2D eigenvalue weighted by atomic mass is 10.2. The lowest BCUT2D eigenvalue weighted by Crippen LogP contribution is -2.24. The Morgan fingerprint density at radius 1 is 1.04 bits per heavy atom. The number of halogens is 1. The van der Waals surface area contributed by atoms with Gasteiger partial charge in [0.05, 0.1) is 0 Å². The van der Waals surface area contributed by atoms with Crippen LogP contribution in [-0.2, 0) is 6.54 Å². The highest BCUT2D eigenvalue weighted by molar-refractivity contribution is 6.30. The molecule has 5 nitrogen and oxygen atoms in total. The topological polar surface area (TPSA) is 66.9 Å². The fourth-order valence-electron chi connectivity index (χ4n) is 2.11. The number of rotatable bonds is 5. The molecule has 1 aromatic heterocycles. The normalized spacial score (nSPS) is 10.2. The van der Waals surface area contributed by atoms with Crippen molar-refractivity contribution in [1.29, 1.82) is 0 Å². The maximum atomic E-state index is 12.2. The minimum Gasteiger partial charge on any atom is -0.347 e. The van der Waals surface area contributed by atoms with Crippen LogP contribution in [-0.4, -0.2) is 15.9 Å². The number of carbonyl (C=O) groups excluding carboxylic acids is 1. The van der Waals surface area contributed by atoms with E-state index in [1.807, 2.05) is 42.5 Å². The molecule has 120 valence electrons. The summed E-state index contributed by atoms with van der Waals surface area (Å²) in [4.78, 5) is 20.6. The van der Waals surface area contributed by atoms with Gasteiger partial charge in [-0.3, -0.25) is 4.79 Å². The third-order valence-corrected chi connectivity index (χ3v) is 3.50. The van der Waals surface area contributed by atoms with Crippen molar-refractivity contribution in [3.05, 3.63) is 83.1 Å². The predicted octanol–water partition coefficient (Wildman–Crippen LogP) is 3.80. The summed E-state index contributed by atoms with van der Waals surface area (Å²) in [5.41, 5.74) is 2.08. The third kappa shape index (κ3) is 4.30. The molecule has 6 heteroatoms. The van der Waals surface area contributed by atoms with Crippen LogP contribution in [0.4, 0.5) is 11.6 Å². The van der Waals surface area contributed by atoms with Gasteiger partial charge in [0.1, 0.15) is 5.69 Å². The summed E-state index contributed by atoms with van der Waals surface area (Å²) in [7, 11) is 0. The van der Waals surface area contributed by atoms with Crippen LogP contribution < -0.4 is 10.6 Å². The molecule has 0 spiro atoms. The van der Waals surface area contributed by atoms with E-state index in [0.29, 0.717) is 23.2 Å². The van der Waals surface area contributed by atoms with E-state index in [1.54, 1.807) is 18.2 Å². The van der Waals surface area contributed by atoms with Crippen molar-refractivity contribution in [2.24, 2.45) is 0 Å². The monoisotopic (exact) mass is 338 g/mol. The average Bonchev–Trinajstić information content (AvgIpc) is 2.61. The molecule has 2 N–H and O–H groups in total. The van der Waals surface area contributed by atoms with E-state index in [1.165, 1.54) is 6.20 Å². The molecule has 0 atom stereocenters. The number of benzene rings is 2. The van der Waals surface area contributed by atoms with E-state index in [2.05, 4.69) is 20.6 Å². The van der Waals surface area contributed by atoms with Crippen LogP contribution in [0, 0.1) is 0 Å². The molecular formula is C18H15ClN4O. The molecule has 0 fully saturated rings. The van der Waals surface area contributed by atoms with Gasteiger partial charge in [-0.15, -0.1) is 0 Å². The van der Waals surface area contributed by atoms with Crippen LogP contribution in [0.5, 0.6) is 0 Å².